The van der Waals surface area contributed by atoms with Crippen LogP contribution in [0.1, 0.15) is 16.7 Å². The maximum absolute atomic E-state index is 14.1. The summed E-state index contributed by atoms with van der Waals surface area (Å²) >= 11 is 7.34. The average molecular weight is 363 g/mol. The largest absolute Gasteiger partial charge is 0.368 e. The second-order valence-electron chi connectivity index (χ2n) is 4.93. The molecular weight excluding hydrogens is 347 g/mol. The van der Waals surface area contributed by atoms with Crippen molar-refractivity contribution in [2.75, 3.05) is 0 Å². The van der Waals surface area contributed by atoms with Crippen LogP contribution in [0.15, 0.2) is 52.4 Å². The number of guanidine groups is 1. The lowest BCUT2D eigenvalue weighted by molar-refractivity contribution is 0.624. The Kier molecular flexibility index (Phi) is 6.52. The average Bonchev–Trinajstić information content (AvgIpc) is 2.54. The van der Waals surface area contributed by atoms with Crippen molar-refractivity contribution in [1.82, 2.24) is 0 Å². The quantitative estimate of drug-likeness (QED) is 0.625. The molecule has 24 heavy (non-hydrogen) atoms. The second-order valence-corrected chi connectivity index (χ2v) is 6.17. The van der Waals surface area contributed by atoms with Crippen LogP contribution >= 0.6 is 23.4 Å². The highest BCUT2D eigenvalue weighted by Crippen LogP contribution is 2.21. The van der Waals surface area contributed by atoms with Crippen molar-refractivity contribution in [2.45, 2.75) is 12.7 Å². The van der Waals surface area contributed by atoms with Crippen LogP contribution in [0.3, 0.4) is 0 Å². The molecule has 0 aromatic heterocycles. The number of rotatable bonds is 4. The van der Waals surface area contributed by atoms with Gasteiger partial charge in [0, 0.05) is 10.8 Å². The fraction of sp³-hybridized carbons (Fsp3) is 0.118. The highest BCUT2D eigenvalue weighted by Gasteiger charge is 2.12. The summed E-state index contributed by atoms with van der Waals surface area (Å²) in [4.78, 5) is 7.97. The number of halogens is 2. The lowest BCUT2D eigenvalue weighted by Gasteiger charge is -2.06. The topological polar surface area (TPSA) is 74.6 Å². The highest BCUT2D eigenvalue weighted by molar-refractivity contribution is 8.11. The zero-order valence-electron chi connectivity index (χ0n) is 13.0. The van der Waals surface area contributed by atoms with E-state index in [1.165, 1.54) is 17.8 Å². The van der Waals surface area contributed by atoms with Gasteiger partial charge in [-0.2, -0.15) is 4.99 Å². The van der Waals surface area contributed by atoms with Gasteiger partial charge in [0.05, 0.1) is 11.1 Å². The first kappa shape index (κ1) is 18.2. The van der Waals surface area contributed by atoms with Crippen LogP contribution in [0, 0.1) is 18.2 Å². The lowest BCUT2D eigenvalue weighted by Crippen LogP contribution is -2.11. The van der Waals surface area contributed by atoms with Crippen LogP contribution in [0.5, 0.6) is 0 Å². The minimum Gasteiger partial charge on any atom is -0.368 e. The smallest absolute Gasteiger partial charge is 0.214 e. The molecule has 0 saturated heterocycles. The minimum absolute atomic E-state index is 0.0420. The van der Waals surface area contributed by atoms with Gasteiger partial charge in [0.15, 0.2) is 5.84 Å². The van der Waals surface area contributed by atoms with Crippen molar-refractivity contribution in [3.8, 4) is 0 Å². The summed E-state index contributed by atoms with van der Waals surface area (Å²) in [5.74, 6) is -0.238. The molecule has 0 bridgehead atoms. The molecule has 4 nitrogen and oxygen atoms in total. The van der Waals surface area contributed by atoms with E-state index in [0.29, 0.717) is 10.6 Å². The molecule has 0 amide bonds. The maximum Gasteiger partial charge on any atom is 0.214 e. The van der Waals surface area contributed by atoms with Crippen molar-refractivity contribution >= 4 is 40.7 Å². The van der Waals surface area contributed by atoms with Gasteiger partial charge in [-0.15, -0.1) is 11.8 Å². The number of nitrogens with zero attached hydrogens (tertiary/aromatic N) is 2. The van der Waals surface area contributed by atoms with Gasteiger partial charge in [-0.3, -0.25) is 5.41 Å². The predicted molar refractivity (Wildman–Crippen MR) is 101 cm³/mol. The first-order chi connectivity index (χ1) is 11.5. The third kappa shape index (κ3) is 5.18. The zero-order valence-corrected chi connectivity index (χ0v) is 14.5. The van der Waals surface area contributed by atoms with Crippen LogP contribution in [0.4, 0.5) is 4.39 Å². The summed E-state index contributed by atoms with van der Waals surface area (Å²) in [7, 11) is 0. The third-order valence-corrected chi connectivity index (χ3v) is 4.22. The standard InChI is InChI=1S/C17H16ClFN4S/c1-11-7-13(15(19)8-14(11)18)16(23-17(20)21)22-10-24-9-12-5-3-2-4-6-12/h2-8,10H,9H2,1H3,(H3,20,21)/b22-10?,23-16-. The number of benzene rings is 2. The van der Waals surface area contributed by atoms with Crippen molar-refractivity contribution < 1.29 is 4.39 Å². The number of aliphatic imine (C=N–C) groups is 2. The third-order valence-electron chi connectivity index (χ3n) is 3.06. The molecule has 0 saturated carbocycles. The summed E-state index contributed by atoms with van der Waals surface area (Å²) in [5, 5.41) is 7.64. The zero-order chi connectivity index (χ0) is 17.5. The van der Waals surface area contributed by atoms with E-state index in [0.717, 1.165) is 11.3 Å². The molecule has 0 unspecified atom stereocenters. The van der Waals surface area contributed by atoms with Gasteiger partial charge in [0.1, 0.15) is 5.82 Å². The predicted octanol–water partition coefficient (Wildman–Crippen LogP) is 4.39. The molecule has 0 fully saturated rings. The number of thioether (sulfide) groups is 1. The fourth-order valence-electron chi connectivity index (χ4n) is 1.90. The molecule has 7 heteroatoms. The maximum atomic E-state index is 14.1. The Morgan fingerprint density at radius 1 is 1.33 bits per heavy atom. The first-order valence-corrected chi connectivity index (χ1v) is 8.47. The summed E-state index contributed by atoms with van der Waals surface area (Å²) in [6, 6.07) is 12.6. The summed E-state index contributed by atoms with van der Waals surface area (Å²) in [6.07, 6.45) is 0. The number of nitrogens with two attached hydrogens (primary N) is 1. The van der Waals surface area contributed by atoms with Crippen LogP contribution in [-0.2, 0) is 5.75 Å². The molecule has 0 atom stereocenters. The molecule has 2 aromatic rings. The highest BCUT2D eigenvalue weighted by atomic mass is 35.5. The van der Waals surface area contributed by atoms with Crippen LogP contribution < -0.4 is 5.73 Å². The van der Waals surface area contributed by atoms with E-state index in [1.807, 2.05) is 30.3 Å². The van der Waals surface area contributed by atoms with Gasteiger partial charge in [-0.05, 0) is 30.2 Å². The Labute approximate surface area is 149 Å². The molecule has 0 radical (unpaired) electrons. The Balaban J connectivity index is 2.19. The van der Waals surface area contributed by atoms with Crippen molar-refractivity contribution in [2.24, 2.45) is 15.7 Å². The Bertz CT molecular complexity index is 791. The molecule has 2 aromatic carbocycles. The number of aryl methyl sites for hydroxylation is 1. The molecule has 0 spiro atoms. The van der Waals surface area contributed by atoms with E-state index in [1.54, 1.807) is 18.5 Å². The minimum atomic E-state index is -0.559. The van der Waals surface area contributed by atoms with Gasteiger partial charge < -0.3 is 5.73 Å². The fourth-order valence-corrected chi connectivity index (χ4v) is 2.68. The molecule has 0 heterocycles. The number of hydrogen-bond acceptors (Lipinski definition) is 2. The van der Waals surface area contributed by atoms with Crippen LogP contribution in [0.25, 0.3) is 0 Å². The van der Waals surface area contributed by atoms with Gasteiger partial charge in [0.2, 0.25) is 5.96 Å². The molecule has 0 aliphatic heterocycles. The Hall–Kier alpha value is -2.18. The van der Waals surface area contributed by atoms with E-state index >= 15 is 0 Å². The SMILES string of the molecule is Cc1cc(/C(N=CSCc2ccccc2)=N/C(=N)N)c(F)cc1Cl. The molecule has 2 rings (SSSR count). The van der Waals surface area contributed by atoms with Crippen LogP contribution in [-0.4, -0.2) is 17.3 Å². The van der Waals surface area contributed by atoms with Gasteiger partial charge in [0.25, 0.3) is 0 Å². The Morgan fingerprint density at radius 3 is 2.71 bits per heavy atom. The van der Waals surface area contributed by atoms with E-state index < -0.39 is 11.8 Å². The molecule has 0 aliphatic carbocycles. The summed E-state index contributed by atoms with van der Waals surface area (Å²) in [5.41, 5.74) is 8.87. The summed E-state index contributed by atoms with van der Waals surface area (Å²) < 4.78 is 14.1. The second kappa shape index (κ2) is 8.61. The van der Waals surface area contributed by atoms with E-state index in [4.69, 9.17) is 22.7 Å². The Morgan fingerprint density at radius 2 is 2.04 bits per heavy atom. The van der Waals surface area contributed by atoms with E-state index in [-0.39, 0.29) is 11.4 Å². The molecule has 124 valence electrons. The van der Waals surface area contributed by atoms with Crippen molar-refractivity contribution in [3.63, 3.8) is 0 Å². The number of nitrogens with one attached hydrogen (secondary N) is 1. The molecule has 3 N–H and O–H groups in total. The van der Waals surface area contributed by atoms with Crippen molar-refractivity contribution in [3.05, 3.63) is 70.0 Å². The molecular formula is C17H16ClFN4S. The van der Waals surface area contributed by atoms with E-state index in [9.17, 15) is 4.39 Å². The monoisotopic (exact) mass is 362 g/mol. The first-order valence-electron chi connectivity index (χ1n) is 7.04. The van der Waals surface area contributed by atoms with E-state index in [2.05, 4.69) is 9.98 Å². The van der Waals surface area contributed by atoms with Crippen LogP contribution in [0.2, 0.25) is 5.02 Å². The van der Waals surface area contributed by atoms with Crippen molar-refractivity contribution in [1.29, 1.82) is 5.41 Å². The lowest BCUT2D eigenvalue weighted by atomic mass is 10.1. The number of amidine groups is 1. The molecule has 0 aliphatic rings. The van der Waals surface area contributed by atoms with Gasteiger partial charge in [-0.25, -0.2) is 9.38 Å². The van der Waals surface area contributed by atoms with Gasteiger partial charge >= 0.3 is 0 Å². The number of hydrogen-bond donors (Lipinski definition) is 2. The normalized spacial score (nSPS) is 11.9. The van der Waals surface area contributed by atoms with Gasteiger partial charge in [-0.1, -0.05) is 41.9 Å². The summed E-state index contributed by atoms with van der Waals surface area (Å²) in [6.45, 7) is 1.75.